The van der Waals surface area contributed by atoms with Crippen LogP contribution in [0.2, 0.25) is 0 Å². The summed E-state index contributed by atoms with van der Waals surface area (Å²) in [6.07, 6.45) is 0. The van der Waals surface area contributed by atoms with Crippen LogP contribution in [0.3, 0.4) is 0 Å². The number of carbonyl (C=O) groups excluding carboxylic acids is 1. The van der Waals surface area contributed by atoms with Crippen LogP contribution in [0.5, 0.6) is 0 Å². The Morgan fingerprint density at radius 3 is 2.86 bits per heavy atom. The Morgan fingerprint density at radius 1 is 1.64 bits per heavy atom. The zero-order valence-corrected chi connectivity index (χ0v) is 9.23. The van der Waals surface area contributed by atoms with Gasteiger partial charge >= 0.3 is 0 Å². The molecule has 1 aromatic heterocycles. The van der Waals surface area contributed by atoms with E-state index in [9.17, 15) is 4.79 Å². The molecule has 1 aromatic rings. The number of carbonyl (C=O) groups is 1. The van der Waals surface area contributed by atoms with Gasteiger partial charge in [-0.1, -0.05) is 0 Å². The average Bonchev–Trinajstić information content (AvgIpc) is 2.50. The van der Waals surface area contributed by atoms with Crippen molar-refractivity contribution in [2.45, 2.75) is 0 Å². The van der Waals surface area contributed by atoms with Crippen LogP contribution in [-0.2, 0) is 0 Å². The third-order valence-corrected chi connectivity index (χ3v) is 2.68. The van der Waals surface area contributed by atoms with Gasteiger partial charge in [0.2, 0.25) is 0 Å². The lowest BCUT2D eigenvalue weighted by Gasteiger charge is -2.09. The number of rotatable bonds is 4. The molecule has 0 saturated heterocycles. The van der Waals surface area contributed by atoms with E-state index in [1.165, 1.54) is 11.3 Å². The molecule has 0 fully saturated rings. The molecular formula is C9H15N3OS. The Hall–Kier alpha value is -1.07. The highest BCUT2D eigenvalue weighted by atomic mass is 32.1. The molecule has 0 bridgehead atoms. The summed E-state index contributed by atoms with van der Waals surface area (Å²) in [7, 11) is 3.93. The third-order valence-electron chi connectivity index (χ3n) is 1.75. The fraction of sp³-hybridized carbons (Fsp3) is 0.444. The fourth-order valence-electron chi connectivity index (χ4n) is 0.977. The number of nitrogen functional groups attached to an aromatic ring is 1. The summed E-state index contributed by atoms with van der Waals surface area (Å²) in [5, 5.41) is 4.62. The molecule has 0 unspecified atom stereocenters. The van der Waals surface area contributed by atoms with Gasteiger partial charge in [0.15, 0.2) is 0 Å². The quantitative estimate of drug-likeness (QED) is 0.771. The standard InChI is InChI=1S/C9H15N3OS/c1-12(2)5-4-11-9(13)8-7(10)3-6-14-8/h3,6H,4-5,10H2,1-2H3,(H,11,13). The van der Waals surface area contributed by atoms with E-state index >= 15 is 0 Å². The van der Waals surface area contributed by atoms with Crippen LogP contribution in [0.4, 0.5) is 5.69 Å². The molecule has 0 aliphatic rings. The lowest BCUT2D eigenvalue weighted by Crippen LogP contribution is -2.31. The van der Waals surface area contributed by atoms with E-state index in [4.69, 9.17) is 5.73 Å². The SMILES string of the molecule is CN(C)CCNC(=O)c1sccc1N. The van der Waals surface area contributed by atoms with Crippen molar-refractivity contribution in [1.29, 1.82) is 0 Å². The monoisotopic (exact) mass is 213 g/mol. The number of likely N-dealkylation sites (N-methyl/N-ethyl adjacent to an activating group) is 1. The maximum atomic E-state index is 11.5. The van der Waals surface area contributed by atoms with Gasteiger partial charge in [0, 0.05) is 13.1 Å². The van der Waals surface area contributed by atoms with Crippen LogP contribution in [0.1, 0.15) is 9.67 Å². The van der Waals surface area contributed by atoms with Gasteiger partial charge in [-0.15, -0.1) is 11.3 Å². The van der Waals surface area contributed by atoms with Crippen molar-refractivity contribution in [3.63, 3.8) is 0 Å². The zero-order chi connectivity index (χ0) is 10.6. The number of nitrogens with one attached hydrogen (secondary N) is 1. The highest BCUT2D eigenvalue weighted by molar-refractivity contribution is 7.12. The Bertz CT molecular complexity index is 309. The van der Waals surface area contributed by atoms with Gasteiger partial charge in [-0.3, -0.25) is 4.79 Å². The topological polar surface area (TPSA) is 58.4 Å². The number of hydrogen-bond acceptors (Lipinski definition) is 4. The number of anilines is 1. The Balaban J connectivity index is 2.40. The highest BCUT2D eigenvalue weighted by Gasteiger charge is 2.09. The van der Waals surface area contributed by atoms with Gasteiger partial charge in [-0.2, -0.15) is 0 Å². The molecule has 0 saturated carbocycles. The second-order valence-electron chi connectivity index (χ2n) is 3.26. The Kier molecular flexibility index (Phi) is 3.91. The fourth-order valence-corrected chi connectivity index (χ4v) is 1.71. The molecule has 0 spiro atoms. The minimum Gasteiger partial charge on any atom is -0.397 e. The van der Waals surface area contributed by atoms with E-state index in [0.29, 0.717) is 17.1 Å². The van der Waals surface area contributed by atoms with Crippen LogP contribution in [0.25, 0.3) is 0 Å². The number of hydrogen-bond donors (Lipinski definition) is 2. The molecule has 5 heteroatoms. The number of nitrogens with two attached hydrogens (primary N) is 1. The molecule has 0 aromatic carbocycles. The summed E-state index contributed by atoms with van der Waals surface area (Å²) in [4.78, 5) is 14.1. The van der Waals surface area contributed by atoms with Crippen LogP contribution < -0.4 is 11.1 Å². The smallest absolute Gasteiger partial charge is 0.263 e. The predicted molar refractivity (Wildman–Crippen MR) is 59.6 cm³/mol. The molecule has 1 heterocycles. The van der Waals surface area contributed by atoms with Crippen LogP contribution >= 0.6 is 11.3 Å². The van der Waals surface area contributed by atoms with Crippen molar-refractivity contribution in [2.24, 2.45) is 0 Å². The third kappa shape index (κ3) is 3.01. The summed E-state index contributed by atoms with van der Waals surface area (Å²) < 4.78 is 0. The van der Waals surface area contributed by atoms with Crippen LogP contribution in [-0.4, -0.2) is 38.0 Å². The maximum Gasteiger partial charge on any atom is 0.263 e. The Labute approximate surface area is 87.7 Å². The summed E-state index contributed by atoms with van der Waals surface area (Å²) >= 11 is 1.37. The second kappa shape index (κ2) is 4.97. The van der Waals surface area contributed by atoms with Gasteiger partial charge in [0.1, 0.15) is 4.88 Å². The zero-order valence-electron chi connectivity index (χ0n) is 8.41. The largest absolute Gasteiger partial charge is 0.397 e. The minimum atomic E-state index is -0.0839. The highest BCUT2D eigenvalue weighted by Crippen LogP contribution is 2.17. The van der Waals surface area contributed by atoms with Gasteiger partial charge in [0.25, 0.3) is 5.91 Å². The molecule has 3 N–H and O–H groups in total. The van der Waals surface area contributed by atoms with Crippen molar-refractivity contribution < 1.29 is 4.79 Å². The maximum absolute atomic E-state index is 11.5. The first-order valence-electron chi connectivity index (χ1n) is 4.37. The molecule has 0 radical (unpaired) electrons. The number of amides is 1. The molecule has 0 aliphatic carbocycles. The molecule has 4 nitrogen and oxygen atoms in total. The van der Waals surface area contributed by atoms with Gasteiger partial charge in [-0.05, 0) is 25.5 Å². The molecule has 1 amide bonds. The summed E-state index contributed by atoms with van der Waals surface area (Å²) in [6.45, 7) is 1.47. The first-order valence-corrected chi connectivity index (χ1v) is 5.25. The van der Waals surface area contributed by atoms with E-state index in [2.05, 4.69) is 5.32 Å². The lowest BCUT2D eigenvalue weighted by molar-refractivity contribution is 0.0956. The molecule has 14 heavy (non-hydrogen) atoms. The van der Waals surface area contributed by atoms with E-state index in [1.54, 1.807) is 6.07 Å². The molecule has 1 rings (SSSR count). The van der Waals surface area contributed by atoms with E-state index in [1.807, 2.05) is 24.4 Å². The van der Waals surface area contributed by atoms with Gasteiger partial charge < -0.3 is 16.0 Å². The van der Waals surface area contributed by atoms with Gasteiger partial charge in [0.05, 0.1) is 5.69 Å². The summed E-state index contributed by atoms with van der Waals surface area (Å²) in [5.74, 6) is -0.0839. The first-order chi connectivity index (χ1) is 6.61. The number of nitrogens with zero attached hydrogens (tertiary/aromatic N) is 1. The Morgan fingerprint density at radius 2 is 2.36 bits per heavy atom. The van der Waals surface area contributed by atoms with Gasteiger partial charge in [-0.25, -0.2) is 0 Å². The van der Waals surface area contributed by atoms with E-state index in [-0.39, 0.29) is 5.91 Å². The average molecular weight is 213 g/mol. The minimum absolute atomic E-state index is 0.0839. The van der Waals surface area contributed by atoms with Crippen molar-refractivity contribution in [3.8, 4) is 0 Å². The normalized spacial score (nSPS) is 10.5. The summed E-state index contributed by atoms with van der Waals surface area (Å²) in [6, 6.07) is 1.74. The van der Waals surface area contributed by atoms with Crippen molar-refractivity contribution in [1.82, 2.24) is 10.2 Å². The van der Waals surface area contributed by atoms with E-state index in [0.717, 1.165) is 6.54 Å². The molecule has 78 valence electrons. The van der Waals surface area contributed by atoms with Crippen molar-refractivity contribution in [2.75, 3.05) is 32.9 Å². The molecular weight excluding hydrogens is 198 g/mol. The van der Waals surface area contributed by atoms with Crippen molar-refractivity contribution in [3.05, 3.63) is 16.3 Å². The second-order valence-corrected chi connectivity index (χ2v) is 4.18. The lowest BCUT2D eigenvalue weighted by atomic mass is 10.4. The van der Waals surface area contributed by atoms with Crippen molar-refractivity contribution >= 4 is 22.9 Å². The van der Waals surface area contributed by atoms with Crippen LogP contribution in [0, 0.1) is 0 Å². The van der Waals surface area contributed by atoms with Crippen LogP contribution in [0.15, 0.2) is 11.4 Å². The van der Waals surface area contributed by atoms with E-state index < -0.39 is 0 Å². The first kappa shape index (κ1) is 11.0. The predicted octanol–water partition coefficient (Wildman–Crippen LogP) is 0.622. The summed E-state index contributed by atoms with van der Waals surface area (Å²) in [5.41, 5.74) is 6.17. The number of thiophene rings is 1. The molecule has 0 aliphatic heterocycles. The molecule has 0 atom stereocenters.